The summed E-state index contributed by atoms with van der Waals surface area (Å²) >= 11 is 0. The summed E-state index contributed by atoms with van der Waals surface area (Å²) in [6.07, 6.45) is 0. The summed E-state index contributed by atoms with van der Waals surface area (Å²) in [5.41, 5.74) is 3.19. The van der Waals surface area contributed by atoms with Crippen molar-refractivity contribution in [1.82, 2.24) is 10.2 Å². The maximum atomic E-state index is 14.5. The number of aryl methyl sites for hydroxylation is 1. The van der Waals surface area contributed by atoms with Gasteiger partial charge in [0.2, 0.25) is 11.8 Å². The van der Waals surface area contributed by atoms with Gasteiger partial charge < -0.3 is 9.73 Å². The van der Waals surface area contributed by atoms with Gasteiger partial charge in [0.05, 0.1) is 0 Å². The first-order chi connectivity index (χ1) is 13.2. The second kappa shape index (κ2) is 7.41. The van der Waals surface area contributed by atoms with Gasteiger partial charge in [0.15, 0.2) is 0 Å². The molecule has 134 valence electrons. The van der Waals surface area contributed by atoms with Crippen molar-refractivity contribution >= 4 is 5.69 Å². The predicted molar refractivity (Wildman–Crippen MR) is 103 cm³/mol. The van der Waals surface area contributed by atoms with E-state index in [1.807, 2.05) is 61.5 Å². The third kappa shape index (κ3) is 3.58. The molecule has 4 rings (SSSR count). The van der Waals surface area contributed by atoms with Crippen molar-refractivity contribution in [3.8, 4) is 11.5 Å². The number of aromatic nitrogens is 2. The van der Waals surface area contributed by atoms with Gasteiger partial charge in [0.1, 0.15) is 11.9 Å². The Morgan fingerprint density at radius 2 is 1.56 bits per heavy atom. The highest BCUT2D eigenvalue weighted by Gasteiger charge is 2.24. The standard InChI is InChI=1S/C22H18FN3O/c1-15-9-5-8-14-19(15)24-20(17-12-6-7-13-18(17)23)22-26-25-21(27-22)16-10-3-2-4-11-16/h2-14,20,24H,1H3/t20-/m1/s1. The van der Waals surface area contributed by atoms with Crippen LogP contribution in [-0.4, -0.2) is 10.2 Å². The largest absolute Gasteiger partial charge is 0.418 e. The van der Waals surface area contributed by atoms with E-state index >= 15 is 0 Å². The average molecular weight is 359 g/mol. The monoisotopic (exact) mass is 359 g/mol. The van der Waals surface area contributed by atoms with Crippen molar-refractivity contribution in [2.24, 2.45) is 0 Å². The van der Waals surface area contributed by atoms with Gasteiger partial charge in [0, 0.05) is 16.8 Å². The molecule has 4 aromatic rings. The minimum absolute atomic E-state index is 0.308. The first kappa shape index (κ1) is 17.0. The maximum absolute atomic E-state index is 14.5. The van der Waals surface area contributed by atoms with Gasteiger partial charge >= 0.3 is 0 Å². The second-order valence-electron chi connectivity index (χ2n) is 6.23. The molecule has 0 unspecified atom stereocenters. The predicted octanol–water partition coefficient (Wildman–Crippen LogP) is 5.39. The van der Waals surface area contributed by atoms with Gasteiger partial charge in [-0.2, -0.15) is 0 Å². The molecule has 1 heterocycles. The van der Waals surface area contributed by atoms with E-state index in [9.17, 15) is 4.39 Å². The molecule has 1 N–H and O–H groups in total. The fourth-order valence-corrected chi connectivity index (χ4v) is 2.92. The van der Waals surface area contributed by atoms with E-state index in [0.29, 0.717) is 17.3 Å². The van der Waals surface area contributed by atoms with Gasteiger partial charge in [-0.05, 0) is 36.8 Å². The van der Waals surface area contributed by atoms with Gasteiger partial charge in [-0.15, -0.1) is 10.2 Å². The van der Waals surface area contributed by atoms with Gasteiger partial charge in [-0.25, -0.2) is 4.39 Å². The lowest BCUT2D eigenvalue weighted by Crippen LogP contribution is -2.15. The number of halogens is 1. The van der Waals surface area contributed by atoms with Crippen LogP contribution in [0.25, 0.3) is 11.5 Å². The number of rotatable bonds is 5. The summed E-state index contributed by atoms with van der Waals surface area (Å²) in [7, 11) is 0. The molecule has 1 aromatic heterocycles. The minimum Gasteiger partial charge on any atom is -0.418 e. The molecule has 0 aliphatic carbocycles. The average Bonchev–Trinajstić information content (AvgIpc) is 3.19. The zero-order chi connectivity index (χ0) is 18.6. The summed E-state index contributed by atoms with van der Waals surface area (Å²) in [5, 5.41) is 11.7. The number of hydrogen-bond donors (Lipinski definition) is 1. The van der Waals surface area contributed by atoms with E-state index in [4.69, 9.17) is 4.42 Å². The van der Waals surface area contributed by atoms with Crippen molar-refractivity contribution in [3.05, 3.63) is 102 Å². The molecule has 0 amide bonds. The molecule has 0 fully saturated rings. The van der Waals surface area contributed by atoms with Crippen molar-refractivity contribution < 1.29 is 8.81 Å². The molecular weight excluding hydrogens is 341 g/mol. The summed E-state index contributed by atoms with van der Waals surface area (Å²) in [6.45, 7) is 1.99. The number of para-hydroxylation sites is 1. The van der Waals surface area contributed by atoms with Crippen LogP contribution in [-0.2, 0) is 0 Å². The zero-order valence-corrected chi connectivity index (χ0v) is 14.8. The zero-order valence-electron chi connectivity index (χ0n) is 14.8. The second-order valence-corrected chi connectivity index (χ2v) is 6.23. The van der Waals surface area contributed by atoms with E-state index in [-0.39, 0.29) is 5.82 Å². The molecule has 0 saturated heterocycles. The highest BCUT2D eigenvalue weighted by molar-refractivity contribution is 5.54. The van der Waals surface area contributed by atoms with Crippen LogP contribution in [0.2, 0.25) is 0 Å². The molecule has 3 aromatic carbocycles. The molecule has 1 atom stereocenters. The number of benzene rings is 3. The fraction of sp³-hybridized carbons (Fsp3) is 0.0909. The van der Waals surface area contributed by atoms with Gasteiger partial charge in [-0.1, -0.05) is 54.6 Å². The summed E-state index contributed by atoms with van der Waals surface area (Å²) in [5.74, 6) is 0.378. The maximum Gasteiger partial charge on any atom is 0.247 e. The Balaban J connectivity index is 1.76. The van der Waals surface area contributed by atoms with Crippen LogP contribution in [0.4, 0.5) is 10.1 Å². The van der Waals surface area contributed by atoms with E-state index in [0.717, 1.165) is 16.8 Å². The van der Waals surface area contributed by atoms with E-state index in [1.54, 1.807) is 18.2 Å². The van der Waals surface area contributed by atoms with Crippen LogP contribution < -0.4 is 5.32 Å². The topological polar surface area (TPSA) is 51.0 Å². The van der Waals surface area contributed by atoms with Gasteiger partial charge in [0.25, 0.3) is 0 Å². The summed E-state index contributed by atoms with van der Waals surface area (Å²) in [6, 6.07) is 23.3. The van der Waals surface area contributed by atoms with Crippen LogP contribution in [0.3, 0.4) is 0 Å². The first-order valence-corrected chi connectivity index (χ1v) is 8.68. The molecule has 0 bridgehead atoms. The number of nitrogens with one attached hydrogen (secondary N) is 1. The van der Waals surface area contributed by atoms with Crippen molar-refractivity contribution in [2.75, 3.05) is 5.32 Å². The van der Waals surface area contributed by atoms with Crippen molar-refractivity contribution in [2.45, 2.75) is 13.0 Å². The van der Waals surface area contributed by atoms with Crippen molar-refractivity contribution in [3.63, 3.8) is 0 Å². The SMILES string of the molecule is Cc1ccccc1N[C@@H](c1nnc(-c2ccccc2)o1)c1ccccc1F. The van der Waals surface area contributed by atoms with E-state index in [1.165, 1.54) is 6.07 Å². The lowest BCUT2D eigenvalue weighted by atomic mass is 10.0. The van der Waals surface area contributed by atoms with Crippen LogP contribution in [0.1, 0.15) is 23.1 Å². The summed E-state index contributed by atoms with van der Waals surface area (Å²) in [4.78, 5) is 0. The molecule has 4 nitrogen and oxygen atoms in total. The number of nitrogens with zero attached hydrogens (tertiary/aromatic N) is 2. The molecule has 5 heteroatoms. The highest BCUT2D eigenvalue weighted by Crippen LogP contribution is 2.30. The Morgan fingerprint density at radius 1 is 0.852 bits per heavy atom. The Hall–Kier alpha value is -3.47. The van der Waals surface area contributed by atoms with E-state index < -0.39 is 6.04 Å². The number of anilines is 1. The van der Waals surface area contributed by atoms with Crippen LogP contribution >= 0.6 is 0 Å². The highest BCUT2D eigenvalue weighted by atomic mass is 19.1. The fourth-order valence-electron chi connectivity index (χ4n) is 2.92. The Kier molecular flexibility index (Phi) is 4.66. The smallest absolute Gasteiger partial charge is 0.247 e. The minimum atomic E-state index is -0.600. The third-order valence-corrected chi connectivity index (χ3v) is 4.37. The quantitative estimate of drug-likeness (QED) is 0.519. The summed E-state index contributed by atoms with van der Waals surface area (Å²) < 4.78 is 20.4. The van der Waals surface area contributed by atoms with Crippen LogP contribution in [0.5, 0.6) is 0 Å². The van der Waals surface area contributed by atoms with E-state index in [2.05, 4.69) is 15.5 Å². The molecule has 0 saturated carbocycles. The lowest BCUT2D eigenvalue weighted by molar-refractivity contribution is 0.485. The first-order valence-electron chi connectivity index (χ1n) is 8.68. The normalized spacial score (nSPS) is 11.9. The lowest BCUT2D eigenvalue weighted by Gasteiger charge is -2.19. The molecule has 0 radical (unpaired) electrons. The van der Waals surface area contributed by atoms with Crippen LogP contribution in [0.15, 0.2) is 83.3 Å². The Labute approximate surface area is 156 Å². The Morgan fingerprint density at radius 3 is 2.33 bits per heavy atom. The van der Waals surface area contributed by atoms with Gasteiger partial charge in [-0.3, -0.25) is 0 Å². The molecule has 27 heavy (non-hydrogen) atoms. The Bertz CT molecular complexity index is 1050. The molecular formula is C22H18FN3O. The molecule has 0 spiro atoms. The van der Waals surface area contributed by atoms with Crippen LogP contribution in [0, 0.1) is 12.7 Å². The molecule has 0 aliphatic heterocycles. The number of hydrogen-bond acceptors (Lipinski definition) is 4. The third-order valence-electron chi connectivity index (χ3n) is 4.37. The van der Waals surface area contributed by atoms with Crippen molar-refractivity contribution in [1.29, 1.82) is 0 Å². The molecule has 0 aliphatic rings.